The highest BCUT2D eigenvalue weighted by Gasteiger charge is 2.20. The minimum atomic E-state index is 0.444. The Kier molecular flexibility index (Phi) is 3.43. The second kappa shape index (κ2) is 5.20. The van der Waals surface area contributed by atoms with Gasteiger partial charge in [-0.1, -0.05) is 6.92 Å². The molecule has 0 bridgehead atoms. The van der Waals surface area contributed by atoms with Crippen molar-refractivity contribution in [3.8, 4) is 0 Å². The molecule has 1 N–H and O–H groups in total. The van der Waals surface area contributed by atoms with E-state index in [0.29, 0.717) is 12.0 Å². The van der Waals surface area contributed by atoms with Gasteiger partial charge in [0.15, 0.2) is 0 Å². The molecule has 96 valence electrons. The van der Waals surface area contributed by atoms with E-state index in [1.165, 1.54) is 23.5 Å². The van der Waals surface area contributed by atoms with Gasteiger partial charge in [0.25, 0.3) is 0 Å². The number of hydrogen-bond acceptors (Lipinski definition) is 4. The molecule has 1 unspecified atom stereocenters. The van der Waals surface area contributed by atoms with Crippen LogP contribution in [0.15, 0.2) is 24.1 Å². The fraction of sp³-hybridized carbons (Fsp3) is 0.538. The van der Waals surface area contributed by atoms with Gasteiger partial charge in [0, 0.05) is 36.3 Å². The molecule has 2 aromatic rings. The third-order valence-electron chi connectivity index (χ3n) is 3.51. The quantitative estimate of drug-likeness (QED) is 0.921. The van der Waals surface area contributed by atoms with Crippen LogP contribution in [0.1, 0.15) is 42.4 Å². The van der Waals surface area contributed by atoms with Crippen LogP contribution in [0.2, 0.25) is 0 Å². The molecule has 0 amide bonds. The number of nitrogens with one attached hydrogen (secondary N) is 1. The first-order valence-electron chi connectivity index (χ1n) is 6.47. The van der Waals surface area contributed by atoms with Crippen molar-refractivity contribution in [1.29, 1.82) is 0 Å². The Morgan fingerprint density at radius 3 is 3.28 bits per heavy atom. The van der Waals surface area contributed by atoms with Gasteiger partial charge in [0.2, 0.25) is 0 Å². The zero-order chi connectivity index (χ0) is 12.4. The molecule has 0 aromatic carbocycles. The Bertz CT molecular complexity index is 485. The van der Waals surface area contributed by atoms with E-state index in [-0.39, 0.29) is 0 Å². The molecule has 5 heteroatoms. The zero-order valence-electron chi connectivity index (χ0n) is 10.5. The molecule has 1 aliphatic rings. The summed E-state index contributed by atoms with van der Waals surface area (Å²) in [5, 5.41) is 6.78. The Labute approximate surface area is 111 Å². The van der Waals surface area contributed by atoms with Crippen LogP contribution in [0.25, 0.3) is 0 Å². The Morgan fingerprint density at radius 2 is 2.56 bits per heavy atom. The van der Waals surface area contributed by atoms with Gasteiger partial charge in [0.05, 0.1) is 17.0 Å². The van der Waals surface area contributed by atoms with Gasteiger partial charge in [0.1, 0.15) is 0 Å². The molecule has 4 nitrogen and oxygen atoms in total. The molecule has 0 spiro atoms. The van der Waals surface area contributed by atoms with Gasteiger partial charge in [-0.25, -0.2) is 9.97 Å². The monoisotopic (exact) mass is 262 g/mol. The predicted molar refractivity (Wildman–Crippen MR) is 72.7 cm³/mol. The van der Waals surface area contributed by atoms with Crippen molar-refractivity contribution in [1.82, 2.24) is 19.9 Å². The fourth-order valence-corrected chi connectivity index (χ4v) is 3.25. The molecule has 1 fully saturated rings. The first-order chi connectivity index (χ1) is 8.84. The van der Waals surface area contributed by atoms with E-state index < -0.39 is 0 Å². The maximum absolute atomic E-state index is 4.39. The van der Waals surface area contributed by atoms with Crippen LogP contribution < -0.4 is 5.32 Å². The first-order valence-corrected chi connectivity index (χ1v) is 7.35. The maximum Gasteiger partial charge on any atom is 0.0970 e. The van der Waals surface area contributed by atoms with E-state index in [1.807, 2.05) is 24.1 Å². The number of rotatable bonds is 4. The van der Waals surface area contributed by atoms with Crippen LogP contribution >= 0.6 is 11.3 Å². The van der Waals surface area contributed by atoms with Gasteiger partial charge < -0.3 is 9.88 Å². The third-order valence-corrected chi connectivity index (χ3v) is 4.51. The molecule has 3 heterocycles. The lowest BCUT2D eigenvalue weighted by Gasteiger charge is -2.16. The largest absolute Gasteiger partial charge is 0.332 e. The summed E-state index contributed by atoms with van der Waals surface area (Å²) in [4.78, 5) is 8.70. The van der Waals surface area contributed by atoms with Crippen LogP contribution in [0.4, 0.5) is 0 Å². The van der Waals surface area contributed by atoms with Crippen molar-refractivity contribution >= 4 is 11.3 Å². The summed E-state index contributed by atoms with van der Waals surface area (Å²) >= 11 is 1.73. The molecule has 3 rings (SSSR count). The van der Waals surface area contributed by atoms with Crippen molar-refractivity contribution in [3.05, 3.63) is 34.8 Å². The summed E-state index contributed by atoms with van der Waals surface area (Å²) in [6.45, 7) is 4.31. The zero-order valence-corrected chi connectivity index (χ0v) is 11.4. The normalized spacial score (nSPS) is 21.3. The number of imidazole rings is 1. The van der Waals surface area contributed by atoms with Crippen LogP contribution in [0.3, 0.4) is 0 Å². The average Bonchev–Trinajstić information content (AvgIpc) is 3.11. The number of hydrogen-bond donors (Lipinski definition) is 1. The van der Waals surface area contributed by atoms with Crippen molar-refractivity contribution < 1.29 is 0 Å². The molecule has 0 aliphatic carbocycles. The molecule has 0 saturated carbocycles. The Morgan fingerprint density at radius 1 is 1.61 bits per heavy atom. The van der Waals surface area contributed by atoms with Gasteiger partial charge in [-0.3, -0.25) is 0 Å². The molecule has 2 atom stereocenters. The lowest BCUT2D eigenvalue weighted by molar-refractivity contribution is 0.527. The van der Waals surface area contributed by atoms with Crippen molar-refractivity contribution in [3.63, 3.8) is 0 Å². The summed E-state index contributed by atoms with van der Waals surface area (Å²) in [5.74, 6) is 0.444. The van der Waals surface area contributed by atoms with E-state index in [0.717, 1.165) is 13.1 Å². The van der Waals surface area contributed by atoms with Gasteiger partial charge in [-0.05, 0) is 19.4 Å². The molecular formula is C13H18N4S. The Hall–Kier alpha value is -1.20. The summed E-state index contributed by atoms with van der Waals surface area (Å²) in [5.41, 5.74) is 1.32. The number of thiazole rings is 1. The highest BCUT2D eigenvalue weighted by Crippen LogP contribution is 2.25. The summed E-state index contributed by atoms with van der Waals surface area (Å²) < 4.78 is 2.27. The van der Waals surface area contributed by atoms with Crippen LogP contribution in [0, 0.1) is 0 Å². The van der Waals surface area contributed by atoms with E-state index in [2.05, 4.69) is 26.8 Å². The maximum atomic E-state index is 4.39. The lowest BCUT2D eigenvalue weighted by atomic mass is 10.1. The predicted octanol–water partition coefficient (Wildman–Crippen LogP) is 2.57. The molecule has 1 saturated heterocycles. The summed E-state index contributed by atoms with van der Waals surface area (Å²) in [7, 11) is 0. The second-order valence-electron chi connectivity index (χ2n) is 4.89. The molecule has 0 radical (unpaired) electrons. The molecule has 1 aliphatic heterocycles. The number of aromatic nitrogens is 3. The van der Waals surface area contributed by atoms with Crippen LogP contribution in [0.5, 0.6) is 0 Å². The molecule has 18 heavy (non-hydrogen) atoms. The van der Waals surface area contributed by atoms with E-state index in [9.17, 15) is 0 Å². The van der Waals surface area contributed by atoms with Crippen molar-refractivity contribution in [2.45, 2.75) is 38.3 Å². The number of nitrogens with zero attached hydrogens (tertiary/aromatic N) is 3. The standard InChI is InChI=1S/C13H18N4S/c1-10(13-16-5-6-18-13)8-17-9-14-7-12(17)11-3-2-4-15-11/h5-7,9-11,15H,2-4,8H2,1H3/t10?,11-/m0/s1. The molecule has 2 aromatic heterocycles. The second-order valence-corrected chi connectivity index (χ2v) is 5.82. The Balaban J connectivity index is 1.74. The minimum Gasteiger partial charge on any atom is -0.332 e. The molecular weight excluding hydrogens is 244 g/mol. The third kappa shape index (κ3) is 2.33. The first kappa shape index (κ1) is 11.9. The smallest absolute Gasteiger partial charge is 0.0970 e. The van der Waals surface area contributed by atoms with Gasteiger partial charge in [-0.2, -0.15) is 0 Å². The topological polar surface area (TPSA) is 42.7 Å². The summed E-state index contributed by atoms with van der Waals surface area (Å²) in [6.07, 6.45) is 8.30. The van der Waals surface area contributed by atoms with E-state index >= 15 is 0 Å². The average molecular weight is 262 g/mol. The van der Waals surface area contributed by atoms with Crippen LogP contribution in [-0.4, -0.2) is 21.1 Å². The van der Waals surface area contributed by atoms with E-state index in [1.54, 1.807) is 11.3 Å². The lowest BCUT2D eigenvalue weighted by Crippen LogP contribution is -2.18. The fourth-order valence-electron chi connectivity index (χ4n) is 2.56. The minimum absolute atomic E-state index is 0.444. The van der Waals surface area contributed by atoms with Gasteiger partial charge in [-0.15, -0.1) is 11.3 Å². The summed E-state index contributed by atoms with van der Waals surface area (Å²) in [6, 6.07) is 0.482. The SMILES string of the molecule is CC(Cn1cncc1[C@@H]1CCCN1)c1nccs1. The highest BCUT2D eigenvalue weighted by atomic mass is 32.1. The van der Waals surface area contributed by atoms with Gasteiger partial charge >= 0.3 is 0 Å². The van der Waals surface area contributed by atoms with Crippen molar-refractivity contribution in [2.24, 2.45) is 0 Å². The highest BCUT2D eigenvalue weighted by molar-refractivity contribution is 7.09. The van der Waals surface area contributed by atoms with Crippen LogP contribution in [-0.2, 0) is 6.54 Å². The van der Waals surface area contributed by atoms with Crippen molar-refractivity contribution in [2.75, 3.05) is 6.54 Å². The van der Waals surface area contributed by atoms with E-state index in [4.69, 9.17) is 0 Å².